The van der Waals surface area contributed by atoms with Gasteiger partial charge in [-0.05, 0) is 36.4 Å². The van der Waals surface area contributed by atoms with E-state index < -0.39 is 17.8 Å². The summed E-state index contributed by atoms with van der Waals surface area (Å²) in [6.07, 6.45) is -3.45. The van der Waals surface area contributed by atoms with Crippen LogP contribution in [0, 0.1) is 5.82 Å². The first-order valence-electron chi connectivity index (χ1n) is 9.10. The third-order valence-electron chi connectivity index (χ3n) is 4.73. The molecule has 0 spiro atoms. The molecule has 1 N–H and O–H groups in total. The molecule has 30 heavy (non-hydrogen) atoms. The fourth-order valence-electron chi connectivity index (χ4n) is 3.20. The summed E-state index contributed by atoms with van der Waals surface area (Å²) in [7, 11) is 0. The van der Waals surface area contributed by atoms with Crippen molar-refractivity contribution in [2.45, 2.75) is 18.7 Å². The van der Waals surface area contributed by atoms with Gasteiger partial charge < -0.3 is 9.64 Å². The van der Waals surface area contributed by atoms with E-state index in [1.54, 1.807) is 18.2 Å². The van der Waals surface area contributed by atoms with Crippen molar-refractivity contribution in [1.82, 2.24) is 20.1 Å². The summed E-state index contributed by atoms with van der Waals surface area (Å²) in [6, 6.07) is 9.00. The van der Waals surface area contributed by atoms with Crippen molar-refractivity contribution in [3.8, 4) is 17.1 Å². The number of aromatic nitrogens is 3. The van der Waals surface area contributed by atoms with Crippen molar-refractivity contribution in [3.63, 3.8) is 0 Å². The van der Waals surface area contributed by atoms with Crippen LogP contribution >= 0.6 is 0 Å². The Kier molecular flexibility index (Phi) is 5.15. The summed E-state index contributed by atoms with van der Waals surface area (Å²) < 4.78 is 57.1. The molecule has 0 saturated carbocycles. The number of hydrogen-bond donors (Lipinski definition) is 1. The quantitative estimate of drug-likeness (QED) is 0.650. The Morgan fingerprint density at radius 1 is 1.17 bits per heavy atom. The van der Waals surface area contributed by atoms with Crippen LogP contribution in [-0.4, -0.2) is 45.2 Å². The zero-order chi connectivity index (χ0) is 21.3. The summed E-state index contributed by atoms with van der Waals surface area (Å²) in [5.74, 6) is -0.813. The highest BCUT2D eigenvalue weighted by atomic mass is 19.4. The zero-order valence-electron chi connectivity index (χ0n) is 15.5. The first-order valence-corrected chi connectivity index (χ1v) is 9.10. The maximum Gasteiger partial charge on any atom is 0.416 e. The molecular formula is C20H16F4N4O2. The number of benzene rings is 1. The third kappa shape index (κ3) is 4.27. The number of nitrogens with one attached hydrogen (secondary N) is 1. The number of rotatable bonds is 4. The standard InChI is InChI=1S/C20H16F4N4O2/c21-14-3-1-12(2-4-14)16-10-17(27-26-16)19(29)28-8-6-15(11-28)30-18-9-13(5-7-25-18)20(22,23)24/h1-5,7,9-10,15H,6,8,11H2,(H,26,27). The number of hydrogen-bond acceptors (Lipinski definition) is 4. The van der Waals surface area contributed by atoms with E-state index in [1.165, 1.54) is 17.0 Å². The van der Waals surface area contributed by atoms with Crippen molar-refractivity contribution in [1.29, 1.82) is 0 Å². The van der Waals surface area contributed by atoms with Gasteiger partial charge in [-0.2, -0.15) is 18.3 Å². The second-order valence-electron chi connectivity index (χ2n) is 6.83. The molecule has 1 unspecified atom stereocenters. The van der Waals surface area contributed by atoms with E-state index in [9.17, 15) is 22.4 Å². The maximum atomic E-state index is 13.1. The minimum atomic E-state index is -4.48. The lowest BCUT2D eigenvalue weighted by atomic mass is 10.1. The first-order chi connectivity index (χ1) is 14.3. The molecule has 3 heterocycles. The molecule has 0 bridgehead atoms. The molecule has 1 aromatic carbocycles. The lowest BCUT2D eigenvalue weighted by Crippen LogP contribution is -2.31. The topological polar surface area (TPSA) is 71.1 Å². The smallest absolute Gasteiger partial charge is 0.416 e. The molecule has 1 fully saturated rings. The van der Waals surface area contributed by atoms with E-state index in [0.29, 0.717) is 24.2 Å². The summed E-state index contributed by atoms with van der Waals surface area (Å²) in [6.45, 7) is 0.592. The average molecular weight is 420 g/mol. The number of carbonyl (C=O) groups excluding carboxylic acids is 1. The molecule has 6 nitrogen and oxygen atoms in total. The van der Waals surface area contributed by atoms with Crippen LogP contribution in [0.25, 0.3) is 11.3 Å². The molecule has 1 aliphatic rings. The number of H-pyrrole nitrogens is 1. The van der Waals surface area contributed by atoms with Crippen LogP contribution < -0.4 is 4.74 Å². The number of likely N-dealkylation sites (tertiary alicyclic amines) is 1. The van der Waals surface area contributed by atoms with Gasteiger partial charge in [-0.15, -0.1) is 0 Å². The normalized spacial score (nSPS) is 16.7. The number of pyridine rings is 1. The molecule has 1 atom stereocenters. The first kappa shape index (κ1) is 19.9. The van der Waals surface area contributed by atoms with Crippen LogP contribution in [-0.2, 0) is 6.18 Å². The number of aromatic amines is 1. The molecule has 156 valence electrons. The van der Waals surface area contributed by atoms with Gasteiger partial charge >= 0.3 is 6.18 Å². The molecule has 2 aromatic heterocycles. The van der Waals surface area contributed by atoms with E-state index in [2.05, 4.69) is 15.2 Å². The summed E-state index contributed by atoms with van der Waals surface area (Å²) >= 11 is 0. The van der Waals surface area contributed by atoms with Crippen LogP contribution in [0.1, 0.15) is 22.5 Å². The molecule has 3 aromatic rings. The molecule has 10 heteroatoms. The number of ether oxygens (including phenoxy) is 1. The van der Waals surface area contributed by atoms with E-state index in [4.69, 9.17) is 4.74 Å². The van der Waals surface area contributed by atoms with Crippen LogP contribution in [0.3, 0.4) is 0 Å². The van der Waals surface area contributed by atoms with E-state index in [0.717, 1.165) is 18.3 Å². The molecule has 4 rings (SSSR count). The lowest BCUT2D eigenvalue weighted by Gasteiger charge is -2.16. The Morgan fingerprint density at radius 3 is 2.67 bits per heavy atom. The average Bonchev–Trinajstić information content (AvgIpc) is 3.38. The van der Waals surface area contributed by atoms with E-state index in [1.807, 2.05) is 0 Å². The highest BCUT2D eigenvalue weighted by Gasteiger charge is 2.33. The summed E-state index contributed by atoms with van der Waals surface area (Å²) in [5.41, 5.74) is 0.569. The fraction of sp³-hybridized carbons (Fsp3) is 0.250. The third-order valence-corrected chi connectivity index (χ3v) is 4.73. The van der Waals surface area contributed by atoms with Gasteiger partial charge in [-0.3, -0.25) is 9.89 Å². The number of halogens is 4. The van der Waals surface area contributed by atoms with Crippen molar-refractivity contribution in [3.05, 3.63) is 65.7 Å². The van der Waals surface area contributed by atoms with E-state index >= 15 is 0 Å². The van der Waals surface area contributed by atoms with Gasteiger partial charge in [0, 0.05) is 30.8 Å². The Morgan fingerprint density at radius 2 is 1.93 bits per heavy atom. The zero-order valence-corrected chi connectivity index (χ0v) is 15.5. The van der Waals surface area contributed by atoms with Crippen LogP contribution in [0.4, 0.5) is 17.6 Å². The predicted octanol–water partition coefficient (Wildman–Crippen LogP) is 3.92. The van der Waals surface area contributed by atoms with Gasteiger partial charge in [0.2, 0.25) is 5.88 Å². The van der Waals surface area contributed by atoms with Gasteiger partial charge in [0.05, 0.1) is 17.8 Å². The van der Waals surface area contributed by atoms with Crippen molar-refractivity contribution in [2.75, 3.05) is 13.1 Å². The maximum absolute atomic E-state index is 13.1. The number of nitrogens with zero attached hydrogens (tertiary/aromatic N) is 3. The van der Waals surface area contributed by atoms with Gasteiger partial charge in [-0.1, -0.05) is 0 Å². The Balaban J connectivity index is 1.40. The highest BCUT2D eigenvalue weighted by molar-refractivity contribution is 5.93. The van der Waals surface area contributed by atoms with Crippen LogP contribution in [0.5, 0.6) is 5.88 Å². The Hall–Kier alpha value is -3.43. The molecule has 0 aliphatic carbocycles. The lowest BCUT2D eigenvalue weighted by molar-refractivity contribution is -0.137. The minimum absolute atomic E-state index is 0.135. The number of amides is 1. The predicted molar refractivity (Wildman–Crippen MR) is 98.2 cm³/mol. The van der Waals surface area contributed by atoms with Gasteiger partial charge in [0.15, 0.2) is 0 Å². The molecule has 0 radical (unpaired) electrons. The molecule has 1 amide bonds. The van der Waals surface area contributed by atoms with Gasteiger partial charge in [0.1, 0.15) is 17.6 Å². The molecule has 1 saturated heterocycles. The van der Waals surface area contributed by atoms with Crippen LogP contribution in [0.2, 0.25) is 0 Å². The highest BCUT2D eigenvalue weighted by Crippen LogP contribution is 2.31. The summed E-state index contributed by atoms with van der Waals surface area (Å²) in [5, 5.41) is 6.76. The Bertz CT molecular complexity index is 1050. The monoisotopic (exact) mass is 420 g/mol. The van der Waals surface area contributed by atoms with Crippen molar-refractivity contribution in [2.24, 2.45) is 0 Å². The van der Waals surface area contributed by atoms with E-state index in [-0.39, 0.29) is 29.8 Å². The van der Waals surface area contributed by atoms with Crippen molar-refractivity contribution >= 4 is 5.91 Å². The number of carbonyl (C=O) groups is 1. The minimum Gasteiger partial charge on any atom is -0.472 e. The second kappa shape index (κ2) is 7.77. The molecular weight excluding hydrogens is 404 g/mol. The fourth-order valence-corrected chi connectivity index (χ4v) is 3.20. The van der Waals surface area contributed by atoms with Crippen LogP contribution in [0.15, 0.2) is 48.7 Å². The van der Waals surface area contributed by atoms with Gasteiger partial charge in [0.25, 0.3) is 5.91 Å². The Labute approximate surface area is 168 Å². The largest absolute Gasteiger partial charge is 0.472 e. The van der Waals surface area contributed by atoms with Crippen molar-refractivity contribution < 1.29 is 27.1 Å². The summed E-state index contributed by atoms with van der Waals surface area (Å²) in [4.78, 5) is 18.1. The SMILES string of the molecule is O=C(c1cc(-c2ccc(F)cc2)n[nH]1)N1CCC(Oc2cc(C(F)(F)F)ccn2)C1. The molecule has 1 aliphatic heterocycles. The second-order valence-corrected chi connectivity index (χ2v) is 6.83. The van der Waals surface area contributed by atoms with Gasteiger partial charge in [-0.25, -0.2) is 9.37 Å². The number of alkyl halides is 3.